The van der Waals surface area contributed by atoms with Crippen LogP contribution in [-0.2, 0) is 4.79 Å². The van der Waals surface area contributed by atoms with Crippen molar-refractivity contribution < 1.29 is 4.79 Å². The van der Waals surface area contributed by atoms with E-state index in [4.69, 9.17) is 0 Å². The van der Waals surface area contributed by atoms with E-state index in [0.29, 0.717) is 6.54 Å². The van der Waals surface area contributed by atoms with Crippen molar-refractivity contribution in [3.8, 4) is 0 Å². The molecule has 0 spiro atoms. The molecule has 1 aliphatic heterocycles. The number of carbonyl (C=O) groups excluding carboxylic acids is 1. The van der Waals surface area contributed by atoms with Gasteiger partial charge in [0.2, 0.25) is 0 Å². The first-order valence-corrected chi connectivity index (χ1v) is 3.39. The number of halogens is 1. The fourth-order valence-corrected chi connectivity index (χ4v) is 0.883. The minimum atomic E-state index is -0.526. The van der Waals surface area contributed by atoms with Gasteiger partial charge in [-0.2, -0.15) is 0 Å². The molecule has 0 saturated carbocycles. The molecule has 2 nitrogen and oxygen atoms in total. The number of alkyl halides is 1. The van der Waals surface area contributed by atoms with Gasteiger partial charge in [0, 0.05) is 6.21 Å². The molecular weight excluding hydrogens is 182 g/mol. The summed E-state index contributed by atoms with van der Waals surface area (Å²) in [7, 11) is 0. The van der Waals surface area contributed by atoms with Crippen LogP contribution in [0.2, 0.25) is 0 Å². The van der Waals surface area contributed by atoms with E-state index in [1.807, 2.05) is 0 Å². The lowest BCUT2D eigenvalue weighted by Gasteiger charge is -2.14. The van der Waals surface area contributed by atoms with Crippen LogP contribution in [0, 0.1) is 0 Å². The zero-order valence-electron chi connectivity index (χ0n) is 4.75. The van der Waals surface area contributed by atoms with Gasteiger partial charge in [-0.25, -0.2) is 0 Å². The number of nitrogens with zero attached hydrogens (tertiary/aromatic N) is 1. The Morgan fingerprint density at radius 2 is 2.56 bits per heavy atom. The van der Waals surface area contributed by atoms with Crippen LogP contribution in [0.5, 0.6) is 0 Å². The summed E-state index contributed by atoms with van der Waals surface area (Å²) in [6.07, 6.45) is 6.07. The highest BCUT2D eigenvalue weighted by Crippen LogP contribution is 2.18. The molecule has 0 radical (unpaired) electrons. The Kier molecular flexibility index (Phi) is 1.81. The van der Waals surface area contributed by atoms with Crippen molar-refractivity contribution in [2.24, 2.45) is 4.99 Å². The van der Waals surface area contributed by atoms with Gasteiger partial charge < -0.3 is 4.79 Å². The quantitative estimate of drug-likeness (QED) is 0.445. The second-order valence-corrected chi connectivity index (χ2v) is 3.37. The number of dihydropyridines is 1. The Bertz CT molecular complexity index is 176. The second kappa shape index (κ2) is 2.43. The molecular formula is C6H6BrNO. The number of hydrogen-bond donors (Lipinski definition) is 0. The molecule has 0 fully saturated rings. The normalized spacial score (nSPS) is 32.6. The summed E-state index contributed by atoms with van der Waals surface area (Å²) in [5, 5.41) is 0. The SMILES string of the molecule is O=CC1(Br)C=CC=NC1. The Morgan fingerprint density at radius 1 is 1.78 bits per heavy atom. The number of hydrogen-bond acceptors (Lipinski definition) is 2. The van der Waals surface area contributed by atoms with E-state index in [-0.39, 0.29) is 0 Å². The van der Waals surface area contributed by atoms with Crippen molar-refractivity contribution in [2.45, 2.75) is 4.32 Å². The maximum absolute atomic E-state index is 10.3. The standard InChI is InChI=1S/C6H6BrNO/c7-6(5-9)2-1-3-8-4-6/h1-3,5H,4H2. The molecule has 3 heteroatoms. The van der Waals surface area contributed by atoms with Crippen molar-refractivity contribution in [2.75, 3.05) is 6.54 Å². The van der Waals surface area contributed by atoms with Gasteiger partial charge in [-0.15, -0.1) is 0 Å². The Morgan fingerprint density at radius 3 is 2.89 bits per heavy atom. The molecule has 0 aliphatic carbocycles. The third-order valence-electron chi connectivity index (χ3n) is 1.09. The monoisotopic (exact) mass is 187 g/mol. The molecule has 0 aromatic rings. The molecule has 0 N–H and O–H groups in total. The molecule has 1 heterocycles. The summed E-state index contributed by atoms with van der Waals surface area (Å²) in [4.78, 5) is 14.2. The molecule has 9 heavy (non-hydrogen) atoms. The third kappa shape index (κ3) is 1.48. The fourth-order valence-electron chi connectivity index (χ4n) is 0.586. The lowest BCUT2D eigenvalue weighted by Crippen LogP contribution is -2.25. The predicted octanol–water partition coefficient (Wildman–Crippen LogP) is 0.960. The maximum Gasteiger partial charge on any atom is 0.142 e. The average Bonchev–Trinajstić information content (AvgIpc) is 1.90. The summed E-state index contributed by atoms with van der Waals surface area (Å²) in [5.74, 6) is 0. The van der Waals surface area contributed by atoms with Gasteiger partial charge in [0.15, 0.2) is 0 Å². The lowest BCUT2D eigenvalue weighted by atomic mass is 10.1. The molecule has 0 bridgehead atoms. The van der Waals surface area contributed by atoms with Crippen molar-refractivity contribution >= 4 is 28.4 Å². The first-order valence-electron chi connectivity index (χ1n) is 2.60. The predicted molar refractivity (Wildman–Crippen MR) is 40.2 cm³/mol. The van der Waals surface area contributed by atoms with Gasteiger partial charge in [0.05, 0.1) is 6.54 Å². The molecule has 0 amide bonds. The zero-order chi connectivity index (χ0) is 6.74. The first-order chi connectivity index (χ1) is 4.27. The third-order valence-corrected chi connectivity index (χ3v) is 1.80. The molecule has 0 aromatic heterocycles. The summed E-state index contributed by atoms with van der Waals surface area (Å²) >= 11 is 3.23. The Labute approximate surface area is 61.8 Å². The number of carbonyl (C=O) groups is 1. The highest BCUT2D eigenvalue weighted by atomic mass is 79.9. The second-order valence-electron chi connectivity index (χ2n) is 1.89. The van der Waals surface area contributed by atoms with Crippen LogP contribution in [0.15, 0.2) is 17.1 Å². The van der Waals surface area contributed by atoms with Crippen molar-refractivity contribution in [1.29, 1.82) is 0 Å². The molecule has 48 valence electrons. The highest BCUT2D eigenvalue weighted by molar-refractivity contribution is 9.10. The van der Waals surface area contributed by atoms with Gasteiger partial charge in [-0.05, 0) is 6.08 Å². The Hall–Kier alpha value is -0.440. The van der Waals surface area contributed by atoms with Crippen LogP contribution >= 0.6 is 15.9 Å². The van der Waals surface area contributed by atoms with E-state index in [2.05, 4.69) is 20.9 Å². The van der Waals surface area contributed by atoms with E-state index in [1.54, 1.807) is 18.4 Å². The van der Waals surface area contributed by atoms with E-state index in [9.17, 15) is 4.79 Å². The molecule has 0 saturated heterocycles. The van der Waals surface area contributed by atoms with E-state index >= 15 is 0 Å². The van der Waals surface area contributed by atoms with Crippen molar-refractivity contribution in [3.05, 3.63) is 12.2 Å². The van der Waals surface area contributed by atoms with Crippen LogP contribution < -0.4 is 0 Å². The van der Waals surface area contributed by atoms with E-state index in [0.717, 1.165) is 6.29 Å². The number of aldehydes is 1. The summed E-state index contributed by atoms with van der Waals surface area (Å²) < 4.78 is -0.526. The zero-order valence-corrected chi connectivity index (χ0v) is 6.34. The van der Waals surface area contributed by atoms with E-state index in [1.165, 1.54) is 0 Å². The maximum atomic E-state index is 10.3. The van der Waals surface area contributed by atoms with E-state index < -0.39 is 4.32 Å². The first kappa shape index (κ1) is 6.68. The van der Waals surface area contributed by atoms with Crippen LogP contribution in [0.3, 0.4) is 0 Å². The molecule has 1 rings (SSSR count). The van der Waals surface area contributed by atoms with Gasteiger partial charge in [-0.3, -0.25) is 4.99 Å². The average molecular weight is 188 g/mol. The molecule has 0 aromatic carbocycles. The molecule has 1 atom stereocenters. The van der Waals surface area contributed by atoms with Gasteiger partial charge in [0.1, 0.15) is 10.6 Å². The number of aliphatic imine (C=N–C) groups is 1. The van der Waals surface area contributed by atoms with Crippen LogP contribution in [0.4, 0.5) is 0 Å². The summed E-state index contributed by atoms with van der Waals surface area (Å²) in [6.45, 7) is 0.507. The summed E-state index contributed by atoms with van der Waals surface area (Å²) in [5.41, 5.74) is 0. The lowest BCUT2D eigenvalue weighted by molar-refractivity contribution is -0.108. The van der Waals surface area contributed by atoms with Crippen LogP contribution in [0.1, 0.15) is 0 Å². The summed E-state index contributed by atoms with van der Waals surface area (Å²) in [6, 6.07) is 0. The van der Waals surface area contributed by atoms with Crippen LogP contribution in [0.25, 0.3) is 0 Å². The molecule has 1 aliphatic rings. The van der Waals surface area contributed by atoms with Crippen molar-refractivity contribution in [3.63, 3.8) is 0 Å². The Balaban J connectivity index is 2.73. The number of rotatable bonds is 1. The minimum absolute atomic E-state index is 0.507. The highest BCUT2D eigenvalue weighted by Gasteiger charge is 2.22. The topological polar surface area (TPSA) is 29.4 Å². The largest absolute Gasteiger partial charge is 0.301 e. The fraction of sp³-hybridized carbons (Fsp3) is 0.333. The van der Waals surface area contributed by atoms with Gasteiger partial charge >= 0.3 is 0 Å². The minimum Gasteiger partial charge on any atom is -0.301 e. The van der Waals surface area contributed by atoms with Gasteiger partial charge in [0.25, 0.3) is 0 Å². The van der Waals surface area contributed by atoms with Gasteiger partial charge in [-0.1, -0.05) is 22.0 Å². The van der Waals surface area contributed by atoms with Crippen LogP contribution in [-0.4, -0.2) is 23.4 Å². The number of allylic oxidation sites excluding steroid dienone is 1. The van der Waals surface area contributed by atoms with Crippen molar-refractivity contribution in [1.82, 2.24) is 0 Å². The molecule has 1 unspecified atom stereocenters. The smallest absolute Gasteiger partial charge is 0.142 e.